The Bertz CT molecular complexity index is 928. The van der Waals surface area contributed by atoms with E-state index in [-0.39, 0.29) is 11.3 Å². The van der Waals surface area contributed by atoms with E-state index in [0.29, 0.717) is 18.3 Å². The molecule has 2 aliphatic heterocycles. The third kappa shape index (κ3) is 5.69. The van der Waals surface area contributed by atoms with Crippen molar-refractivity contribution in [3.8, 4) is 5.75 Å². The van der Waals surface area contributed by atoms with Gasteiger partial charge in [-0.15, -0.1) is 0 Å². The van der Waals surface area contributed by atoms with Gasteiger partial charge in [-0.25, -0.2) is 0 Å². The van der Waals surface area contributed by atoms with Crippen LogP contribution in [0, 0.1) is 11.8 Å². The lowest BCUT2D eigenvalue weighted by molar-refractivity contribution is -0.133. The van der Waals surface area contributed by atoms with Crippen molar-refractivity contribution in [3.05, 3.63) is 41.8 Å². The van der Waals surface area contributed by atoms with Gasteiger partial charge < -0.3 is 24.4 Å². The maximum atomic E-state index is 13.2. The highest BCUT2D eigenvalue weighted by atomic mass is 16.5. The first-order valence-electron chi connectivity index (χ1n) is 12.2. The summed E-state index contributed by atoms with van der Waals surface area (Å²) in [6, 6.07) is 10.2. The largest absolute Gasteiger partial charge is 0.495 e. The second kappa shape index (κ2) is 10.2. The van der Waals surface area contributed by atoms with Crippen molar-refractivity contribution in [1.82, 2.24) is 15.4 Å². The summed E-state index contributed by atoms with van der Waals surface area (Å²) in [5, 5.41) is 7.83. The van der Waals surface area contributed by atoms with E-state index >= 15 is 0 Å². The summed E-state index contributed by atoms with van der Waals surface area (Å²) in [5.74, 6) is 2.86. The number of amides is 1. The number of nitrogens with zero attached hydrogens (tertiary/aromatic N) is 3. The van der Waals surface area contributed by atoms with Crippen LogP contribution in [0.2, 0.25) is 0 Å². The smallest absolute Gasteiger partial charge is 0.222 e. The normalized spacial score (nSPS) is 21.8. The molecule has 0 aliphatic carbocycles. The zero-order chi connectivity index (χ0) is 23.4. The van der Waals surface area contributed by atoms with E-state index in [1.165, 1.54) is 0 Å². The first-order valence-corrected chi connectivity index (χ1v) is 12.2. The molecule has 0 spiro atoms. The number of methoxy groups -OCH3 is 1. The Morgan fingerprint density at radius 1 is 1.18 bits per heavy atom. The molecule has 3 heterocycles. The van der Waals surface area contributed by atoms with Gasteiger partial charge in [-0.2, -0.15) is 0 Å². The Morgan fingerprint density at radius 3 is 2.64 bits per heavy atom. The number of nitrogens with one attached hydrogen (secondary N) is 1. The lowest BCUT2D eigenvalue weighted by atomic mass is 9.80. The molecule has 2 atom stereocenters. The number of benzene rings is 1. The van der Waals surface area contributed by atoms with Crippen LogP contribution >= 0.6 is 0 Å². The number of piperidine rings is 1. The van der Waals surface area contributed by atoms with Crippen molar-refractivity contribution in [3.63, 3.8) is 0 Å². The molecule has 2 aromatic rings. The molecule has 0 saturated carbocycles. The number of carbonyl (C=O) groups excluding carboxylic acids is 1. The molecule has 33 heavy (non-hydrogen) atoms. The molecule has 1 aromatic carbocycles. The van der Waals surface area contributed by atoms with Crippen molar-refractivity contribution in [1.29, 1.82) is 0 Å². The molecule has 0 radical (unpaired) electrons. The second-order valence-electron chi connectivity index (χ2n) is 10.4. The molecular formula is C26H38N4O3. The van der Waals surface area contributed by atoms with Crippen molar-refractivity contribution in [2.24, 2.45) is 11.8 Å². The van der Waals surface area contributed by atoms with Gasteiger partial charge in [0, 0.05) is 44.1 Å². The van der Waals surface area contributed by atoms with Gasteiger partial charge in [0.2, 0.25) is 5.91 Å². The molecule has 2 fully saturated rings. The number of para-hydroxylation sites is 2. The van der Waals surface area contributed by atoms with Crippen molar-refractivity contribution < 1.29 is 14.1 Å². The molecule has 0 bridgehead atoms. The Hall–Kier alpha value is -2.54. The van der Waals surface area contributed by atoms with Gasteiger partial charge in [0.05, 0.1) is 18.5 Å². The predicted octanol–water partition coefficient (Wildman–Crippen LogP) is 3.49. The molecule has 1 amide bonds. The van der Waals surface area contributed by atoms with E-state index in [0.717, 1.165) is 75.0 Å². The highest BCUT2D eigenvalue weighted by molar-refractivity contribution is 5.77. The molecule has 2 unspecified atom stereocenters. The van der Waals surface area contributed by atoms with E-state index < -0.39 is 0 Å². The first kappa shape index (κ1) is 23.6. The molecule has 7 heteroatoms. The molecule has 1 N–H and O–H groups in total. The second-order valence-corrected chi connectivity index (χ2v) is 10.4. The lowest BCUT2D eigenvalue weighted by Crippen LogP contribution is -2.50. The topological polar surface area (TPSA) is 70.8 Å². The van der Waals surface area contributed by atoms with Crippen LogP contribution < -0.4 is 15.0 Å². The Morgan fingerprint density at radius 2 is 1.94 bits per heavy atom. The number of aromatic nitrogens is 1. The van der Waals surface area contributed by atoms with Crippen LogP contribution in [-0.4, -0.2) is 62.3 Å². The highest BCUT2D eigenvalue weighted by Crippen LogP contribution is 2.31. The van der Waals surface area contributed by atoms with Crippen molar-refractivity contribution >= 4 is 11.6 Å². The van der Waals surface area contributed by atoms with E-state index in [4.69, 9.17) is 9.26 Å². The van der Waals surface area contributed by atoms with Crippen LogP contribution in [0.15, 0.2) is 34.9 Å². The molecule has 180 valence electrons. The van der Waals surface area contributed by atoms with Gasteiger partial charge in [-0.1, -0.05) is 38.1 Å². The highest BCUT2D eigenvalue weighted by Gasteiger charge is 2.31. The maximum absolute atomic E-state index is 13.2. The van der Waals surface area contributed by atoms with Gasteiger partial charge in [0.15, 0.2) is 0 Å². The fourth-order valence-corrected chi connectivity index (χ4v) is 4.96. The molecule has 2 aliphatic rings. The summed E-state index contributed by atoms with van der Waals surface area (Å²) in [6.07, 6.45) is 2.50. The number of ether oxygens (including phenoxy) is 1. The summed E-state index contributed by atoms with van der Waals surface area (Å²) >= 11 is 0. The number of hydrogen-bond acceptors (Lipinski definition) is 6. The summed E-state index contributed by atoms with van der Waals surface area (Å²) < 4.78 is 11.1. The molecule has 1 aromatic heterocycles. The van der Waals surface area contributed by atoms with Crippen LogP contribution in [0.3, 0.4) is 0 Å². The van der Waals surface area contributed by atoms with Crippen LogP contribution in [0.5, 0.6) is 5.75 Å². The van der Waals surface area contributed by atoms with Crippen LogP contribution in [0.1, 0.15) is 45.1 Å². The average molecular weight is 455 g/mol. The number of carbonyl (C=O) groups is 1. The minimum absolute atomic E-state index is 0.0443. The van der Waals surface area contributed by atoms with Gasteiger partial charge in [-0.3, -0.25) is 4.79 Å². The van der Waals surface area contributed by atoms with Gasteiger partial charge in [0.25, 0.3) is 0 Å². The summed E-state index contributed by atoms with van der Waals surface area (Å²) in [6.45, 7) is 11.5. The van der Waals surface area contributed by atoms with Crippen molar-refractivity contribution in [2.75, 3.05) is 51.3 Å². The zero-order valence-corrected chi connectivity index (χ0v) is 20.5. The quantitative estimate of drug-likeness (QED) is 0.721. The fourth-order valence-electron chi connectivity index (χ4n) is 4.96. The van der Waals surface area contributed by atoms with E-state index in [1.54, 1.807) is 7.11 Å². The zero-order valence-electron chi connectivity index (χ0n) is 20.5. The van der Waals surface area contributed by atoms with Gasteiger partial charge in [0.1, 0.15) is 11.5 Å². The van der Waals surface area contributed by atoms with E-state index in [2.05, 4.69) is 48.3 Å². The summed E-state index contributed by atoms with van der Waals surface area (Å²) in [4.78, 5) is 17.5. The Balaban J connectivity index is 1.33. The number of hydrogen-bond donors (Lipinski definition) is 1. The van der Waals surface area contributed by atoms with Gasteiger partial charge in [-0.05, 0) is 49.9 Å². The van der Waals surface area contributed by atoms with Crippen molar-refractivity contribution in [2.45, 2.75) is 45.4 Å². The minimum atomic E-state index is -0.0443. The first-order chi connectivity index (χ1) is 15.8. The Kier molecular flexibility index (Phi) is 7.27. The van der Waals surface area contributed by atoms with Crippen LogP contribution in [-0.2, 0) is 16.6 Å². The van der Waals surface area contributed by atoms with Crippen LogP contribution in [0.25, 0.3) is 0 Å². The van der Waals surface area contributed by atoms with E-state index in [9.17, 15) is 4.79 Å². The molecule has 2 saturated heterocycles. The SMILES string of the molecule is COc1ccccc1N1CCN(C(=O)CC2CCNCC2Cc2cc(C(C)(C)C)on2)CC1. The van der Waals surface area contributed by atoms with Crippen LogP contribution in [0.4, 0.5) is 5.69 Å². The standard InChI is InChI=1S/C26H38N4O3/c1-26(2,3)24-17-21(28-33-24)15-20-18-27-10-9-19(20)16-25(31)30-13-11-29(12-14-30)22-7-5-6-8-23(22)32-4/h5-8,17,19-20,27H,9-16,18H2,1-4H3. The Labute approximate surface area is 197 Å². The summed E-state index contributed by atoms with van der Waals surface area (Å²) in [5.41, 5.74) is 2.06. The lowest BCUT2D eigenvalue weighted by Gasteiger charge is -2.38. The minimum Gasteiger partial charge on any atom is -0.495 e. The third-order valence-electron chi connectivity index (χ3n) is 7.03. The van der Waals surface area contributed by atoms with E-state index in [1.807, 2.05) is 23.1 Å². The maximum Gasteiger partial charge on any atom is 0.222 e. The number of piperazine rings is 1. The average Bonchev–Trinajstić information content (AvgIpc) is 3.30. The van der Waals surface area contributed by atoms with Gasteiger partial charge >= 0.3 is 0 Å². The summed E-state index contributed by atoms with van der Waals surface area (Å²) in [7, 11) is 1.71. The molecular weight excluding hydrogens is 416 g/mol. The molecule has 4 rings (SSSR count). The number of anilines is 1. The fraction of sp³-hybridized carbons (Fsp3) is 0.615. The third-order valence-corrected chi connectivity index (χ3v) is 7.03. The predicted molar refractivity (Wildman–Crippen MR) is 130 cm³/mol. The number of rotatable bonds is 6. The monoisotopic (exact) mass is 454 g/mol. The molecule has 7 nitrogen and oxygen atoms in total.